The van der Waals surface area contributed by atoms with Crippen LogP contribution >= 0.6 is 0 Å². The molecule has 116 valence electrons. The van der Waals surface area contributed by atoms with E-state index in [-0.39, 0.29) is 11.3 Å². The lowest BCUT2D eigenvalue weighted by molar-refractivity contribution is 0.0742. The number of amides is 1. The minimum absolute atomic E-state index is 0.177. The summed E-state index contributed by atoms with van der Waals surface area (Å²) in [6.07, 6.45) is 2.03. The van der Waals surface area contributed by atoms with Gasteiger partial charge in [-0.1, -0.05) is 0 Å². The number of rotatable bonds is 3. The first-order valence-electron chi connectivity index (χ1n) is 7.07. The molecule has 1 amide bonds. The fourth-order valence-electron chi connectivity index (χ4n) is 2.65. The normalized spacial score (nSPS) is 17.0. The molecule has 1 aliphatic heterocycles. The highest BCUT2D eigenvalue weighted by Crippen LogP contribution is 2.21. The van der Waals surface area contributed by atoms with Crippen molar-refractivity contribution >= 4 is 11.6 Å². The Morgan fingerprint density at radius 1 is 1.33 bits per heavy atom. The molecular formula is C15H21F2N3O. The molecule has 6 heteroatoms. The van der Waals surface area contributed by atoms with Gasteiger partial charge in [0.25, 0.3) is 5.91 Å². The number of halogens is 2. The van der Waals surface area contributed by atoms with Crippen molar-refractivity contribution in [2.75, 3.05) is 39.5 Å². The van der Waals surface area contributed by atoms with Gasteiger partial charge in [0, 0.05) is 19.7 Å². The van der Waals surface area contributed by atoms with Crippen molar-refractivity contribution in [3.05, 3.63) is 29.3 Å². The second kappa shape index (κ2) is 6.39. The van der Waals surface area contributed by atoms with Crippen molar-refractivity contribution in [2.45, 2.75) is 12.8 Å². The summed E-state index contributed by atoms with van der Waals surface area (Å²) in [6.45, 7) is 2.58. The average Bonchev–Trinajstić information content (AvgIpc) is 2.44. The van der Waals surface area contributed by atoms with Crippen LogP contribution in [0.1, 0.15) is 23.2 Å². The van der Waals surface area contributed by atoms with Gasteiger partial charge in [0.05, 0.1) is 11.3 Å². The predicted molar refractivity (Wildman–Crippen MR) is 78.0 cm³/mol. The summed E-state index contributed by atoms with van der Waals surface area (Å²) in [5.74, 6) is -1.77. The van der Waals surface area contributed by atoms with Gasteiger partial charge in [-0.15, -0.1) is 0 Å². The maximum atomic E-state index is 13.7. The number of nitrogens with two attached hydrogens (primary N) is 1. The number of nitrogen functional groups attached to an aromatic ring is 1. The van der Waals surface area contributed by atoms with Crippen LogP contribution in [0, 0.1) is 17.6 Å². The zero-order valence-corrected chi connectivity index (χ0v) is 12.4. The van der Waals surface area contributed by atoms with Crippen molar-refractivity contribution < 1.29 is 13.6 Å². The molecule has 1 aromatic carbocycles. The molecule has 21 heavy (non-hydrogen) atoms. The predicted octanol–water partition coefficient (Wildman–Crippen LogP) is 1.96. The van der Waals surface area contributed by atoms with Crippen LogP contribution in [0.2, 0.25) is 0 Å². The van der Waals surface area contributed by atoms with E-state index >= 15 is 0 Å². The van der Waals surface area contributed by atoms with Gasteiger partial charge in [-0.2, -0.15) is 0 Å². The quantitative estimate of drug-likeness (QED) is 0.868. The Balaban J connectivity index is 2.04. The van der Waals surface area contributed by atoms with Crippen molar-refractivity contribution in [1.29, 1.82) is 0 Å². The molecule has 1 heterocycles. The van der Waals surface area contributed by atoms with E-state index in [0.717, 1.165) is 32.0 Å². The molecule has 2 rings (SSSR count). The molecule has 0 saturated carbocycles. The Kier molecular flexibility index (Phi) is 4.77. The van der Waals surface area contributed by atoms with Gasteiger partial charge in [-0.05, 0) is 45.0 Å². The van der Waals surface area contributed by atoms with Gasteiger partial charge in [0.1, 0.15) is 11.6 Å². The average molecular weight is 297 g/mol. The minimum atomic E-state index is -0.873. The molecule has 2 N–H and O–H groups in total. The van der Waals surface area contributed by atoms with Crippen LogP contribution in [0.25, 0.3) is 0 Å². The van der Waals surface area contributed by atoms with Crippen LogP contribution in [-0.2, 0) is 0 Å². The van der Waals surface area contributed by atoms with Gasteiger partial charge < -0.3 is 15.5 Å². The fourth-order valence-corrected chi connectivity index (χ4v) is 2.65. The first-order valence-corrected chi connectivity index (χ1v) is 7.07. The van der Waals surface area contributed by atoms with E-state index in [2.05, 4.69) is 11.9 Å². The van der Waals surface area contributed by atoms with Gasteiger partial charge in [0.2, 0.25) is 0 Å². The molecule has 1 aliphatic rings. The zero-order valence-electron chi connectivity index (χ0n) is 12.4. The molecule has 0 radical (unpaired) electrons. The number of carbonyl (C=O) groups excluding carboxylic acids is 1. The number of hydrogen-bond donors (Lipinski definition) is 1. The summed E-state index contributed by atoms with van der Waals surface area (Å²) in [7, 11) is 3.71. The molecular weight excluding hydrogens is 276 g/mol. The van der Waals surface area contributed by atoms with E-state index in [1.165, 1.54) is 4.90 Å². The van der Waals surface area contributed by atoms with Gasteiger partial charge >= 0.3 is 0 Å². The lowest BCUT2D eigenvalue weighted by atomic mass is 9.96. The molecule has 0 aliphatic carbocycles. The molecule has 1 fully saturated rings. The summed E-state index contributed by atoms with van der Waals surface area (Å²) < 4.78 is 26.9. The third-order valence-corrected chi connectivity index (χ3v) is 4.03. The highest BCUT2D eigenvalue weighted by Gasteiger charge is 2.23. The summed E-state index contributed by atoms with van der Waals surface area (Å²) in [4.78, 5) is 16.0. The molecule has 0 spiro atoms. The van der Waals surface area contributed by atoms with E-state index in [0.29, 0.717) is 18.5 Å². The second-order valence-corrected chi connectivity index (χ2v) is 5.79. The summed E-state index contributed by atoms with van der Waals surface area (Å²) in [5.41, 5.74) is 5.02. The Morgan fingerprint density at radius 2 is 1.95 bits per heavy atom. The molecule has 0 aromatic heterocycles. The monoisotopic (exact) mass is 297 g/mol. The van der Waals surface area contributed by atoms with E-state index in [1.807, 2.05) is 0 Å². The van der Waals surface area contributed by atoms with Crippen molar-refractivity contribution in [3.63, 3.8) is 0 Å². The largest absolute Gasteiger partial charge is 0.396 e. The van der Waals surface area contributed by atoms with Gasteiger partial charge in [-0.3, -0.25) is 4.79 Å². The summed E-state index contributed by atoms with van der Waals surface area (Å²) in [6, 6.07) is 1.73. The van der Waals surface area contributed by atoms with Gasteiger partial charge in [0.15, 0.2) is 0 Å². The third-order valence-electron chi connectivity index (χ3n) is 4.03. The van der Waals surface area contributed by atoms with E-state index in [1.54, 1.807) is 7.05 Å². The molecule has 0 unspecified atom stereocenters. The standard InChI is InChI=1S/C15H21F2N3O/c1-19-5-3-10(4-6-19)9-20(2)15(21)11-7-14(18)13(17)8-12(11)16/h7-8,10H,3-6,9,18H2,1-2H3. The SMILES string of the molecule is CN1CCC(CN(C)C(=O)c2cc(N)c(F)cc2F)CC1. The van der Waals surface area contributed by atoms with E-state index < -0.39 is 17.5 Å². The molecule has 1 saturated heterocycles. The summed E-state index contributed by atoms with van der Waals surface area (Å²) >= 11 is 0. The summed E-state index contributed by atoms with van der Waals surface area (Å²) in [5, 5.41) is 0. The van der Waals surface area contributed by atoms with E-state index in [4.69, 9.17) is 5.73 Å². The number of hydrogen-bond acceptors (Lipinski definition) is 3. The van der Waals surface area contributed by atoms with Crippen LogP contribution in [0.15, 0.2) is 12.1 Å². The Morgan fingerprint density at radius 3 is 2.57 bits per heavy atom. The number of piperidine rings is 1. The number of likely N-dealkylation sites (tertiary alicyclic amines) is 1. The van der Waals surface area contributed by atoms with Crippen molar-refractivity contribution in [3.8, 4) is 0 Å². The fraction of sp³-hybridized carbons (Fsp3) is 0.533. The molecule has 0 atom stereocenters. The maximum Gasteiger partial charge on any atom is 0.256 e. The second-order valence-electron chi connectivity index (χ2n) is 5.79. The highest BCUT2D eigenvalue weighted by atomic mass is 19.1. The van der Waals surface area contributed by atoms with Crippen LogP contribution in [0.5, 0.6) is 0 Å². The molecule has 4 nitrogen and oxygen atoms in total. The highest BCUT2D eigenvalue weighted by molar-refractivity contribution is 5.95. The number of carbonyl (C=O) groups is 1. The Hall–Kier alpha value is -1.69. The lowest BCUT2D eigenvalue weighted by Gasteiger charge is -2.31. The van der Waals surface area contributed by atoms with Crippen LogP contribution < -0.4 is 5.73 Å². The maximum absolute atomic E-state index is 13.7. The minimum Gasteiger partial charge on any atom is -0.396 e. The van der Waals surface area contributed by atoms with Crippen LogP contribution in [0.4, 0.5) is 14.5 Å². The zero-order chi connectivity index (χ0) is 15.6. The lowest BCUT2D eigenvalue weighted by Crippen LogP contribution is -2.38. The van der Waals surface area contributed by atoms with Crippen LogP contribution in [-0.4, -0.2) is 49.4 Å². The first-order chi connectivity index (χ1) is 9.88. The first kappa shape index (κ1) is 15.7. The van der Waals surface area contributed by atoms with Crippen molar-refractivity contribution in [1.82, 2.24) is 9.80 Å². The topological polar surface area (TPSA) is 49.6 Å². The third kappa shape index (κ3) is 3.69. The van der Waals surface area contributed by atoms with E-state index in [9.17, 15) is 13.6 Å². The number of nitrogens with zero attached hydrogens (tertiary/aromatic N) is 2. The number of benzene rings is 1. The molecule has 1 aromatic rings. The number of anilines is 1. The van der Waals surface area contributed by atoms with Gasteiger partial charge in [-0.25, -0.2) is 8.78 Å². The molecule has 0 bridgehead atoms. The Labute approximate surface area is 123 Å². The van der Waals surface area contributed by atoms with Crippen molar-refractivity contribution in [2.24, 2.45) is 5.92 Å². The van der Waals surface area contributed by atoms with Crippen LogP contribution in [0.3, 0.4) is 0 Å². The Bertz CT molecular complexity index is 528. The smallest absolute Gasteiger partial charge is 0.256 e.